The Bertz CT molecular complexity index is 213. The van der Waals surface area contributed by atoms with Gasteiger partial charge in [-0.2, -0.15) is 0 Å². The number of nitrogens with two attached hydrogens (primary N) is 1. The van der Waals surface area contributed by atoms with Crippen molar-refractivity contribution in [1.29, 1.82) is 0 Å². The molecule has 0 amide bonds. The molecular formula is C14H28N2. The van der Waals surface area contributed by atoms with E-state index >= 15 is 0 Å². The Balaban J connectivity index is 1.88. The predicted octanol–water partition coefficient (Wildman–Crippen LogP) is 2.62. The second-order valence-electron chi connectivity index (χ2n) is 6.04. The normalized spacial score (nSPS) is 34.7. The van der Waals surface area contributed by atoms with Gasteiger partial charge in [0.25, 0.3) is 0 Å². The van der Waals surface area contributed by atoms with Crippen molar-refractivity contribution < 1.29 is 0 Å². The van der Waals surface area contributed by atoms with Crippen molar-refractivity contribution in [3.63, 3.8) is 0 Å². The van der Waals surface area contributed by atoms with Crippen LogP contribution in [0.1, 0.15) is 52.4 Å². The van der Waals surface area contributed by atoms with E-state index in [-0.39, 0.29) is 0 Å². The van der Waals surface area contributed by atoms with Crippen LogP contribution in [-0.2, 0) is 0 Å². The molecule has 0 aromatic heterocycles. The lowest BCUT2D eigenvalue weighted by molar-refractivity contribution is 0.0513. The average molecular weight is 224 g/mol. The number of piperidine rings is 1. The standard InChI is InChI=1S/C14H28N2/c1-11-5-4-8-16(14(11)10-15)12(2)9-13-6-3-7-13/h11-14H,3-10,15H2,1-2H3. The van der Waals surface area contributed by atoms with Gasteiger partial charge >= 0.3 is 0 Å². The summed E-state index contributed by atoms with van der Waals surface area (Å²) < 4.78 is 0. The van der Waals surface area contributed by atoms with Crippen molar-refractivity contribution in [3.05, 3.63) is 0 Å². The summed E-state index contributed by atoms with van der Waals surface area (Å²) in [7, 11) is 0. The molecule has 0 radical (unpaired) electrons. The van der Waals surface area contributed by atoms with Gasteiger partial charge in [-0.1, -0.05) is 26.2 Å². The molecule has 16 heavy (non-hydrogen) atoms. The molecule has 1 saturated carbocycles. The average Bonchev–Trinajstić information content (AvgIpc) is 2.22. The summed E-state index contributed by atoms with van der Waals surface area (Å²) in [6.07, 6.45) is 8.56. The Morgan fingerprint density at radius 2 is 2.00 bits per heavy atom. The minimum atomic E-state index is 0.642. The Morgan fingerprint density at radius 3 is 2.56 bits per heavy atom. The maximum absolute atomic E-state index is 5.96. The second kappa shape index (κ2) is 5.50. The SMILES string of the molecule is CC1CCCN(C(C)CC2CCC2)C1CN. The monoisotopic (exact) mass is 224 g/mol. The van der Waals surface area contributed by atoms with E-state index in [4.69, 9.17) is 5.73 Å². The van der Waals surface area contributed by atoms with Gasteiger partial charge in [0.1, 0.15) is 0 Å². The molecule has 1 heterocycles. The molecule has 0 aromatic carbocycles. The first-order valence-electron chi connectivity index (χ1n) is 7.18. The molecule has 3 atom stereocenters. The van der Waals surface area contributed by atoms with Crippen LogP contribution in [0.3, 0.4) is 0 Å². The van der Waals surface area contributed by atoms with Gasteiger partial charge in [-0.05, 0) is 44.6 Å². The number of hydrogen-bond donors (Lipinski definition) is 1. The first kappa shape index (κ1) is 12.4. The van der Waals surface area contributed by atoms with Crippen molar-refractivity contribution in [2.24, 2.45) is 17.6 Å². The minimum absolute atomic E-state index is 0.642. The zero-order valence-electron chi connectivity index (χ0n) is 11.0. The van der Waals surface area contributed by atoms with Crippen molar-refractivity contribution in [2.75, 3.05) is 13.1 Å². The fraction of sp³-hybridized carbons (Fsp3) is 1.00. The van der Waals surface area contributed by atoms with E-state index in [0.717, 1.165) is 24.4 Å². The molecule has 94 valence electrons. The zero-order chi connectivity index (χ0) is 11.5. The van der Waals surface area contributed by atoms with Gasteiger partial charge in [0.05, 0.1) is 0 Å². The Morgan fingerprint density at radius 1 is 1.25 bits per heavy atom. The molecule has 2 aliphatic rings. The van der Waals surface area contributed by atoms with Crippen LogP contribution in [0, 0.1) is 11.8 Å². The van der Waals surface area contributed by atoms with Gasteiger partial charge < -0.3 is 5.73 Å². The van der Waals surface area contributed by atoms with Crippen LogP contribution in [0.15, 0.2) is 0 Å². The molecule has 0 spiro atoms. The van der Waals surface area contributed by atoms with Crippen LogP contribution in [0.2, 0.25) is 0 Å². The van der Waals surface area contributed by atoms with Crippen molar-refractivity contribution in [3.8, 4) is 0 Å². The van der Waals surface area contributed by atoms with E-state index in [1.165, 1.54) is 45.1 Å². The lowest BCUT2D eigenvalue weighted by atomic mass is 9.80. The van der Waals surface area contributed by atoms with Gasteiger partial charge in [-0.15, -0.1) is 0 Å². The van der Waals surface area contributed by atoms with Crippen LogP contribution in [0.5, 0.6) is 0 Å². The molecular weight excluding hydrogens is 196 g/mol. The number of nitrogens with zero attached hydrogens (tertiary/aromatic N) is 1. The largest absolute Gasteiger partial charge is 0.329 e. The van der Waals surface area contributed by atoms with E-state index in [0.29, 0.717) is 6.04 Å². The fourth-order valence-corrected chi connectivity index (χ4v) is 3.54. The Kier molecular flexibility index (Phi) is 4.26. The molecule has 2 fully saturated rings. The zero-order valence-corrected chi connectivity index (χ0v) is 11.0. The maximum atomic E-state index is 5.96. The van der Waals surface area contributed by atoms with Crippen molar-refractivity contribution in [1.82, 2.24) is 4.90 Å². The third-order valence-corrected chi connectivity index (χ3v) is 4.87. The summed E-state index contributed by atoms with van der Waals surface area (Å²) in [5.74, 6) is 1.81. The Hall–Kier alpha value is -0.0800. The predicted molar refractivity (Wildman–Crippen MR) is 69.4 cm³/mol. The van der Waals surface area contributed by atoms with Crippen LogP contribution in [0.4, 0.5) is 0 Å². The second-order valence-corrected chi connectivity index (χ2v) is 6.04. The summed E-state index contributed by atoms with van der Waals surface area (Å²) in [5, 5.41) is 0. The molecule has 2 N–H and O–H groups in total. The lowest BCUT2D eigenvalue weighted by Gasteiger charge is -2.44. The molecule has 3 unspecified atom stereocenters. The molecule has 2 rings (SSSR count). The van der Waals surface area contributed by atoms with E-state index in [2.05, 4.69) is 18.7 Å². The molecule has 1 aliphatic heterocycles. The smallest absolute Gasteiger partial charge is 0.0246 e. The van der Waals surface area contributed by atoms with Crippen LogP contribution < -0.4 is 5.73 Å². The molecule has 0 aromatic rings. The van der Waals surface area contributed by atoms with Gasteiger partial charge in [0.15, 0.2) is 0 Å². The molecule has 1 aliphatic carbocycles. The molecule has 1 saturated heterocycles. The van der Waals surface area contributed by atoms with E-state index in [1.54, 1.807) is 0 Å². The summed E-state index contributed by atoms with van der Waals surface area (Å²) in [6.45, 7) is 6.91. The third-order valence-electron chi connectivity index (χ3n) is 4.87. The topological polar surface area (TPSA) is 29.3 Å². The fourth-order valence-electron chi connectivity index (χ4n) is 3.54. The maximum Gasteiger partial charge on any atom is 0.0246 e. The first-order valence-corrected chi connectivity index (χ1v) is 7.18. The third kappa shape index (κ3) is 2.60. The highest BCUT2D eigenvalue weighted by atomic mass is 15.2. The van der Waals surface area contributed by atoms with Gasteiger partial charge in [0.2, 0.25) is 0 Å². The van der Waals surface area contributed by atoms with E-state index in [9.17, 15) is 0 Å². The summed E-state index contributed by atoms with van der Waals surface area (Å²) in [4.78, 5) is 2.70. The highest BCUT2D eigenvalue weighted by Gasteiger charge is 2.32. The number of hydrogen-bond acceptors (Lipinski definition) is 2. The summed E-state index contributed by atoms with van der Waals surface area (Å²) in [6, 6.07) is 1.39. The van der Waals surface area contributed by atoms with Crippen LogP contribution in [0.25, 0.3) is 0 Å². The lowest BCUT2D eigenvalue weighted by Crippen LogP contribution is -2.52. The molecule has 2 heteroatoms. The van der Waals surface area contributed by atoms with Crippen LogP contribution in [-0.4, -0.2) is 30.1 Å². The van der Waals surface area contributed by atoms with E-state index in [1.807, 2.05) is 0 Å². The number of rotatable bonds is 4. The molecule has 0 bridgehead atoms. The van der Waals surface area contributed by atoms with Crippen molar-refractivity contribution >= 4 is 0 Å². The number of likely N-dealkylation sites (tertiary alicyclic amines) is 1. The van der Waals surface area contributed by atoms with Crippen molar-refractivity contribution in [2.45, 2.75) is 64.5 Å². The molecule has 2 nitrogen and oxygen atoms in total. The van der Waals surface area contributed by atoms with Gasteiger partial charge in [-0.3, -0.25) is 4.90 Å². The van der Waals surface area contributed by atoms with Crippen LogP contribution >= 0.6 is 0 Å². The van der Waals surface area contributed by atoms with Gasteiger partial charge in [-0.25, -0.2) is 0 Å². The summed E-state index contributed by atoms with van der Waals surface area (Å²) >= 11 is 0. The van der Waals surface area contributed by atoms with E-state index < -0.39 is 0 Å². The highest BCUT2D eigenvalue weighted by Crippen LogP contribution is 2.33. The first-order chi connectivity index (χ1) is 7.72. The van der Waals surface area contributed by atoms with Gasteiger partial charge in [0, 0.05) is 18.6 Å². The Labute approximate surface area is 101 Å². The minimum Gasteiger partial charge on any atom is -0.329 e. The quantitative estimate of drug-likeness (QED) is 0.795. The highest BCUT2D eigenvalue weighted by molar-refractivity contribution is 4.87. The summed E-state index contributed by atoms with van der Waals surface area (Å²) in [5.41, 5.74) is 5.96.